The Morgan fingerprint density at radius 3 is 2.28 bits per heavy atom. The first-order valence-corrected chi connectivity index (χ1v) is 9.89. The third-order valence-corrected chi connectivity index (χ3v) is 5.02. The van der Waals surface area contributed by atoms with Crippen molar-refractivity contribution < 1.29 is 14.3 Å². The lowest BCUT2D eigenvalue weighted by Crippen LogP contribution is -2.39. The molecule has 2 fully saturated rings. The van der Waals surface area contributed by atoms with E-state index in [0.29, 0.717) is 38.2 Å². The smallest absolute Gasteiger partial charge is 0.228 e. The van der Waals surface area contributed by atoms with Crippen molar-refractivity contribution >= 4 is 23.5 Å². The summed E-state index contributed by atoms with van der Waals surface area (Å²) in [6.45, 7) is 9.34. The summed E-state index contributed by atoms with van der Waals surface area (Å²) in [6, 6.07) is 3.87. The SMILES string of the molecule is CC(=O)Nc1cc(C)c(-c2cc(N3CCOCC3)nc(N3CCOCC3)n2)cn1. The number of hydrogen-bond donors (Lipinski definition) is 1. The standard InChI is InChI=1S/C20H26N6O3/c1-14-11-18(22-15(2)27)21-13-16(14)17-12-19(25-3-7-28-8-4-25)24-20(23-17)26-5-9-29-10-6-26/h11-13H,3-10H2,1-2H3,(H,21,22,27). The number of amides is 1. The predicted octanol–water partition coefficient (Wildman–Crippen LogP) is 1.48. The molecule has 1 amide bonds. The number of ether oxygens (including phenoxy) is 2. The molecule has 2 aliphatic rings. The van der Waals surface area contributed by atoms with Gasteiger partial charge in [0.25, 0.3) is 0 Å². The van der Waals surface area contributed by atoms with Gasteiger partial charge in [0.2, 0.25) is 11.9 Å². The summed E-state index contributed by atoms with van der Waals surface area (Å²) in [7, 11) is 0. The normalized spacial score (nSPS) is 17.3. The number of pyridine rings is 1. The number of nitrogens with one attached hydrogen (secondary N) is 1. The highest BCUT2D eigenvalue weighted by atomic mass is 16.5. The summed E-state index contributed by atoms with van der Waals surface area (Å²) in [6.07, 6.45) is 1.76. The molecule has 0 unspecified atom stereocenters. The molecule has 0 radical (unpaired) electrons. The Morgan fingerprint density at radius 1 is 1.00 bits per heavy atom. The number of carbonyl (C=O) groups is 1. The number of hydrogen-bond acceptors (Lipinski definition) is 8. The molecule has 1 N–H and O–H groups in total. The van der Waals surface area contributed by atoms with Crippen LogP contribution in [0.1, 0.15) is 12.5 Å². The highest BCUT2D eigenvalue weighted by molar-refractivity contribution is 5.88. The second-order valence-corrected chi connectivity index (χ2v) is 7.18. The van der Waals surface area contributed by atoms with Crippen molar-refractivity contribution in [3.05, 3.63) is 23.9 Å². The van der Waals surface area contributed by atoms with Crippen molar-refractivity contribution in [3.8, 4) is 11.3 Å². The summed E-state index contributed by atoms with van der Waals surface area (Å²) < 4.78 is 11.0. The van der Waals surface area contributed by atoms with E-state index in [1.807, 2.05) is 19.1 Å². The average Bonchev–Trinajstić information content (AvgIpc) is 2.74. The molecule has 29 heavy (non-hydrogen) atoms. The second kappa shape index (κ2) is 8.71. The zero-order valence-electron chi connectivity index (χ0n) is 16.8. The zero-order chi connectivity index (χ0) is 20.2. The van der Waals surface area contributed by atoms with Gasteiger partial charge in [-0.1, -0.05) is 0 Å². The summed E-state index contributed by atoms with van der Waals surface area (Å²) in [5, 5.41) is 2.72. The van der Waals surface area contributed by atoms with Gasteiger partial charge in [0.1, 0.15) is 11.6 Å². The minimum absolute atomic E-state index is 0.143. The van der Waals surface area contributed by atoms with Crippen LogP contribution in [-0.4, -0.2) is 73.5 Å². The van der Waals surface area contributed by atoms with Crippen LogP contribution in [0.4, 0.5) is 17.6 Å². The number of nitrogens with zero attached hydrogens (tertiary/aromatic N) is 5. The summed E-state index contributed by atoms with van der Waals surface area (Å²) in [5.41, 5.74) is 2.73. The van der Waals surface area contributed by atoms with Crippen LogP contribution in [0, 0.1) is 6.92 Å². The molecule has 2 aliphatic heterocycles. The minimum Gasteiger partial charge on any atom is -0.378 e. The monoisotopic (exact) mass is 398 g/mol. The summed E-state index contributed by atoms with van der Waals surface area (Å²) in [5.74, 6) is 1.99. The van der Waals surface area contributed by atoms with Crippen molar-refractivity contribution in [2.75, 3.05) is 67.7 Å². The molecule has 9 nitrogen and oxygen atoms in total. The molecule has 0 bridgehead atoms. The maximum Gasteiger partial charge on any atom is 0.228 e. The van der Waals surface area contributed by atoms with Crippen LogP contribution >= 0.6 is 0 Å². The van der Waals surface area contributed by atoms with E-state index in [1.165, 1.54) is 6.92 Å². The molecule has 0 aromatic carbocycles. The maximum absolute atomic E-state index is 11.3. The van der Waals surface area contributed by atoms with Gasteiger partial charge in [-0.3, -0.25) is 4.79 Å². The third kappa shape index (κ3) is 4.63. The lowest BCUT2D eigenvalue weighted by atomic mass is 10.1. The molecule has 0 saturated carbocycles. The molecular weight excluding hydrogens is 372 g/mol. The van der Waals surface area contributed by atoms with Crippen LogP contribution in [0.3, 0.4) is 0 Å². The third-order valence-electron chi connectivity index (χ3n) is 5.02. The Kier molecular flexibility index (Phi) is 5.86. The van der Waals surface area contributed by atoms with Crippen LogP contribution in [0.5, 0.6) is 0 Å². The average molecular weight is 398 g/mol. The van der Waals surface area contributed by atoms with Gasteiger partial charge >= 0.3 is 0 Å². The molecule has 2 aromatic heterocycles. The van der Waals surface area contributed by atoms with Gasteiger partial charge in [-0.25, -0.2) is 9.97 Å². The van der Waals surface area contributed by atoms with Gasteiger partial charge in [0.15, 0.2) is 0 Å². The molecule has 2 saturated heterocycles. The fraction of sp³-hybridized carbons (Fsp3) is 0.500. The first kappa shape index (κ1) is 19.5. The largest absolute Gasteiger partial charge is 0.378 e. The van der Waals surface area contributed by atoms with E-state index in [0.717, 1.165) is 48.8 Å². The number of aryl methyl sites for hydroxylation is 1. The van der Waals surface area contributed by atoms with Crippen molar-refractivity contribution in [2.24, 2.45) is 0 Å². The molecule has 0 spiro atoms. The van der Waals surface area contributed by atoms with Crippen LogP contribution < -0.4 is 15.1 Å². The van der Waals surface area contributed by atoms with E-state index in [4.69, 9.17) is 19.4 Å². The first-order valence-electron chi connectivity index (χ1n) is 9.89. The Bertz CT molecular complexity index is 842. The highest BCUT2D eigenvalue weighted by Crippen LogP contribution is 2.28. The summed E-state index contributed by atoms with van der Waals surface area (Å²) in [4.78, 5) is 29.8. The number of rotatable bonds is 4. The number of carbonyl (C=O) groups excluding carboxylic acids is 1. The van der Waals surface area contributed by atoms with Gasteiger partial charge in [0, 0.05) is 50.9 Å². The van der Waals surface area contributed by atoms with Crippen LogP contribution in [0.2, 0.25) is 0 Å². The van der Waals surface area contributed by atoms with Crippen LogP contribution in [0.15, 0.2) is 18.3 Å². The highest BCUT2D eigenvalue weighted by Gasteiger charge is 2.20. The Hall–Kier alpha value is -2.78. The van der Waals surface area contributed by atoms with Gasteiger partial charge in [-0.15, -0.1) is 0 Å². The summed E-state index contributed by atoms with van der Waals surface area (Å²) >= 11 is 0. The molecule has 2 aromatic rings. The van der Waals surface area contributed by atoms with E-state index < -0.39 is 0 Å². The topological polar surface area (TPSA) is 92.7 Å². The Balaban J connectivity index is 1.72. The maximum atomic E-state index is 11.3. The number of morpholine rings is 2. The van der Waals surface area contributed by atoms with Gasteiger partial charge in [-0.05, 0) is 18.6 Å². The molecule has 9 heteroatoms. The fourth-order valence-corrected chi connectivity index (χ4v) is 3.49. The van der Waals surface area contributed by atoms with E-state index in [-0.39, 0.29) is 5.91 Å². The molecule has 0 atom stereocenters. The van der Waals surface area contributed by atoms with Gasteiger partial charge in [0.05, 0.1) is 32.1 Å². The molecule has 0 aliphatic carbocycles. The molecule has 4 rings (SSSR count). The fourth-order valence-electron chi connectivity index (χ4n) is 3.49. The van der Waals surface area contributed by atoms with E-state index in [1.54, 1.807) is 6.20 Å². The zero-order valence-corrected chi connectivity index (χ0v) is 16.8. The molecule has 4 heterocycles. The second-order valence-electron chi connectivity index (χ2n) is 7.18. The Labute approximate surface area is 170 Å². The number of anilines is 3. The van der Waals surface area contributed by atoms with Crippen LogP contribution in [0.25, 0.3) is 11.3 Å². The lowest BCUT2D eigenvalue weighted by molar-refractivity contribution is -0.114. The van der Waals surface area contributed by atoms with Crippen molar-refractivity contribution in [1.82, 2.24) is 15.0 Å². The van der Waals surface area contributed by atoms with Crippen LogP contribution in [-0.2, 0) is 14.3 Å². The van der Waals surface area contributed by atoms with Gasteiger partial charge in [-0.2, -0.15) is 4.98 Å². The lowest BCUT2D eigenvalue weighted by Gasteiger charge is -2.31. The van der Waals surface area contributed by atoms with Crippen molar-refractivity contribution in [3.63, 3.8) is 0 Å². The van der Waals surface area contributed by atoms with Crippen molar-refractivity contribution in [2.45, 2.75) is 13.8 Å². The molecule has 154 valence electrons. The Morgan fingerprint density at radius 2 is 1.66 bits per heavy atom. The predicted molar refractivity (Wildman–Crippen MR) is 110 cm³/mol. The van der Waals surface area contributed by atoms with E-state index in [2.05, 4.69) is 20.1 Å². The minimum atomic E-state index is -0.143. The van der Waals surface area contributed by atoms with E-state index >= 15 is 0 Å². The quantitative estimate of drug-likeness (QED) is 0.828. The number of aromatic nitrogens is 3. The first-order chi connectivity index (χ1) is 14.1. The van der Waals surface area contributed by atoms with E-state index in [9.17, 15) is 4.79 Å². The molecular formula is C20H26N6O3. The van der Waals surface area contributed by atoms with Crippen molar-refractivity contribution in [1.29, 1.82) is 0 Å². The van der Waals surface area contributed by atoms with Gasteiger partial charge < -0.3 is 24.6 Å².